The zero-order valence-corrected chi connectivity index (χ0v) is 65.8. The van der Waals surface area contributed by atoms with Gasteiger partial charge in [0.1, 0.15) is 88.4 Å². The highest BCUT2D eigenvalue weighted by Crippen LogP contribution is 2.27. The average Bonchev–Trinajstić information content (AvgIpc) is 1.75. The highest BCUT2D eigenvalue weighted by molar-refractivity contribution is 7.98. The summed E-state index contributed by atoms with van der Waals surface area (Å²) in [5.74, 6) is -12.2. The maximum absolute atomic E-state index is 15.4. The van der Waals surface area contributed by atoms with Crippen molar-refractivity contribution in [2.75, 3.05) is 18.1 Å². The molecule has 1 fully saturated rings. The Morgan fingerprint density at radius 2 is 1.16 bits per heavy atom. The van der Waals surface area contributed by atoms with Gasteiger partial charge in [0.05, 0.1) is 18.6 Å². The van der Waals surface area contributed by atoms with Gasteiger partial charge in [-0.25, -0.2) is 9.37 Å². The number of amides is 13. The first-order valence-corrected chi connectivity index (χ1v) is 38.5. The van der Waals surface area contributed by atoms with E-state index < -0.39 is 172 Å². The number of phenolic OH excluding ortho intramolecular Hbond substituents is 2. The number of phenols is 2. The van der Waals surface area contributed by atoms with Crippen LogP contribution in [0.1, 0.15) is 130 Å². The second-order valence-electron chi connectivity index (χ2n) is 29.9. The number of H-pyrrole nitrogens is 1. The zero-order valence-electron chi connectivity index (χ0n) is 64.2. The molecule has 604 valence electrons. The van der Waals surface area contributed by atoms with Gasteiger partial charge in [0.15, 0.2) is 0 Å². The summed E-state index contributed by atoms with van der Waals surface area (Å²) in [5, 5.41) is 67.8. The van der Waals surface area contributed by atoms with Gasteiger partial charge < -0.3 is 94.9 Å². The number of rotatable bonds is 39. The second kappa shape index (κ2) is 40.0. The minimum absolute atomic E-state index is 0.0270. The van der Waals surface area contributed by atoms with Crippen LogP contribution in [-0.2, 0) is 93.1 Å². The standard InChI is InChI=1S/C76H104FN15O17S2/c1-39(2)76(12,91-68(104)53(31-44-17-21-50(96)22-18-44)85-65(101)41(4)82-72(108)75(10,11)90-67(103)54(84-59(98)27-40(3)93)33-48-34-81-64-52(48)15-13-25-80-64)73(109)88-60(42(5)94)69(105)87-56(62(78)99)37-110-35-46-28-47(30-49(77)29-46)36-111-38-57(83-43(6)95)66(102)89-61(74(7,8)9)70(106)86-55(32-45-19-23-51(97)24-20-45)71(107)92-26-14-16-58(92)63(79)100/h13,15,17-25,28-30,34,39-42,53-58,60-61,93-94,96-97H,14,16,26-27,31-33,35-38H2,1-12H3,(H2,78,99)(H2,79,100)(H,80,81)(H,82,108)(H,83,95)(H,84,98)(H,85,101)(H,86,106)(H,87,105)(H,88,109)(H,89,102)(H,90,103)(H,91,104)/t40-,41+,42-,53+,54+,55+,56+,57+,58+,60+,61-,76?/m1/s1. The predicted octanol–water partition coefficient (Wildman–Crippen LogP) is 0.811. The number of aliphatic hydroxyl groups is 2. The molecule has 0 saturated carbocycles. The van der Waals surface area contributed by atoms with Gasteiger partial charge in [0, 0.05) is 73.5 Å². The molecule has 0 aliphatic carbocycles. The van der Waals surface area contributed by atoms with E-state index in [9.17, 15) is 82.8 Å². The molecule has 5 aromatic rings. The minimum atomic E-state index is -1.93. The Kier molecular flexibility index (Phi) is 32.3. The van der Waals surface area contributed by atoms with Crippen molar-refractivity contribution in [1.82, 2.24) is 68.0 Å². The Bertz CT molecular complexity index is 4180. The van der Waals surface area contributed by atoms with Crippen molar-refractivity contribution in [2.24, 2.45) is 22.8 Å². The molecule has 1 aliphatic rings. The topological polar surface area (TPSA) is 507 Å². The summed E-state index contributed by atoms with van der Waals surface area (Å²) in [4.78, 5) is 187. The van der Waals surface area contributed by atoms with E-state index in [2.05, 4.69) is 63.1 Å². The Morgan fingerprint density at radius 3 is 1.70 bits per heavy atom. The molecule has 12 atom stereocenters. The Morgan fingerprint density at radius 1 is 0.613 bits per heavy atom. The number of nitrogens with zero attached hydrogens (tertiary/aromatic N) is 2. The van der Waals surface area contributed by atoms with Crippen molar-refractivity contribution < 1.29 is 87.1 Å². The first-order valence-electron chi connectivity index (χ1n) is 36.2. The third kappa shape index (κ3) is 26.4. The Hall–Kier alpha value is -10.4. The van der Waals surface area contributed by atoms with E-state index in [1.54, 1.807) is 77.3 Å². The molecule has 1 saturated heterocycles. The molecule has 2 aromatic heterocycles. The molecule has 19 N–H and O–H groups in total. The Labute approximate surface area is 651 Å². The number of nitrogens with two attached hydrogens (primary N) is 2. The lowest BCUT2D eigenvalue weighted by atomic mass is 9.85. The van der Waals surface area contributed by atoms with E-state index in [4.69, 9.17) is 11.5 Å². The van der Waals surface area contributed by atoms with Crippen molar-refractivity contribution >= 4 is 111 Å². The minimum Gasteiger partial charge on any atom is -0.508 e. The smallest absolute Gasteiger partial charge is 0.246 e. The predicted molar refractivity (Wildman–Crippen MR) is 413 cm³/mol. The van der Waals surface area contributed by atoms with Gasteiger partial charge in [-0.05, 0) is 142 Å². The number of aromatic hydroxyl groups is 2. The van der Waals surface area contributed by atoms with Crippen LogP contribution in [0.15, 0.2) is 91.3 Å². The summed E-state index contributed by atoms with van der Waals surface area (Å²) in [7, 11) is 0. The lowest BCUT2D eigenvalue weighted by Gasteiger charge is -2.36. The molecule has 0 spiro atoms. The van der Waals surface area contributed by atoms with Crippen LogP contribution in [0.25, 0.3) is 11.0 Å². The lowest BCUT2D eigenvalue weighted by Crippen LogP contribution is -2.67. The van der Waals surface area contributed by atoms with Gasteiger partial charge in [-0.1, -0.05) is 65.0 Å². The van der Waals surface area contributed by atoms with Crippen LogP contribution in [-0.4, -0.2) is 208 Å². The number of hydrogen-bond donors (Lipinski definition) is 17. The van der Waals surface area contributed by atoms with Crippen LogP contribution in [0.2, 0.25) is 0 Å². The summed E-state index contributed by atoms with van der Waals surface area (Å²) in [6.45, 7) is 17.6. The number of aromatic nitrogens is 2. The zero-order chi connectivity index (χ0) is 82.6. The highest BCUT2D eigenvalue weighted by Gasteiger charge is 2.45. The van der Waals surface area contributed by atoms with E-state index in [-0.39, 0.29) is 66.7 Å². The summed E-state index contributed by atoms with van der Waals surface area (Å²) >= 11 is 2.22. The third-order valence-corrected chi connectivity index (χ3v) is 20.9. The van der Waals surface area contributed by atoms with Gasteiger partial charge in [-0.2, -0.15) is 23.5 Å². The van der Waals surface area contributed by atoms with E-state index in [0.29, 0.717) is 51.7 Å². The molecular formula is C76H104FN15O17S2. The number of fused-ring (bicyclic) bond motifs is 1. The number of halogens is 1. The fourth-order valence-electron chi connectivity index (χ4n) is 12.0. The summed E-state index contributed by atoms with van der Waals surface area (Å²) in [5.41, 5.74) is 9.78. The molecule has 111 heavy (non-hydrogen) atoms. The number of carbonyl (C=O) groups is 13. The number of aliphatic hydroxyl groups excluding tert-OH is 2. The van der Waals surface area contributed by atoms with E-state index in [1.165, 1.54) is 102 Å². The monoisotopic (exact) mass is 1580 g/mol. The summed E-state index contributed by atoms with van der Waals surface area (Å²) in [6.07, 6.45) is 0.709. The number of primary amides is 2. The summed E-state index contributed by atoms with van der Waals surface area (Å²) in [6, 6.07) is 7.26. The van der Waals surface area contributed by atoms with Gasteiger partial charge in [0.25, 0.3) is 0 Å². The van der Waals surface area contributed by atoms with E-state index >= 15 is 4.39 Å². The first-order chi connectivity index (χ1) is 52.0. The largest absolute Gasteiger partial charge is 0.508 e. The molecular weight excluding hydrogens is 1480 g/mol. The van der Waals surface area contributed by atoms with E-state index in [1.807, 2.05) is 0 Å². The number of hydrogen-bond acceptors (Lipinski definition) is 20. The number of benzene rings is 3. The molecule has 32 nitrogen and oxygen atoms in total. The van der Waals surface area contributed by atoms with Crippen LogP contribution in [0, 0.1) is 17.2 Å². The molecule has 1 aliphatic heterocycles. The lowest BCUT2D eigenvalue weighted by molar-refractivity contribution is -0.141. The quantitative estimate of drug-likeness (QED) is 0.0259. The number of likely N-dealkylation sites (tertiary alicyclic amines) is 1. The second-order valence-corrected chi connectivity index (χ2v) is 32.0. The Balaban J connectivity index is 1.07. The molecule has 3 aromatic carbocycles. The molecule has 3 heterocycles. The van der Waals surface area contributed by atoms with Crippen LogP contribution < -0.4 is 64.6 Å². The molecule has 1 unspecified atom stereocenters. The molecule has 6 rings (SSSR count). The summed E-state index contributed by atoms with van der Waals surface area (Å²) < 4.78 is 15.4. The maximum atomic E-state index is 15.4. The SMILES string of the molecule is CC(=O)N[C@@H](CSCc1cc(F)cc(CSC[C@H](NC(=O)[C@@H](NC(=O)C(C)(NC(=O)[C@H](Cc2ccc(O)cc2)NC(=O)[C@H](C)NC(=O)C(C)(C)NC(=O)[C@H](Cc2c[nH]c3ncccc23)NC(=O)C[C@@H](C)O)C(C)C)[C@@H](C)O)C(N)=O)c1)C(=O)N[C@H](C(=O)N[C@@H](Cc1ccc(O)cc1)C(=O)N1CCC[C@H]1C(N)=O)C(C)(C)C. The average molecular weight is 1580 g/mol. The maximum Gasteiger partial charge on any atom is 0.246 e. The first kappa shape index (κ1) is 89.5. The van der Waals surface area contributed by atoms with Gasteiger partial charge in [0.2, 0.25) is 76.8 Å². The van der Waals surface area contributed by atoms with Crippen molar-refractivity contribution in [3.63, 3.8) is 0 Å². The van der Waals surface area contributed by atoms with E-state index in [0.717, 1.165) is 23.5 Å². The van der Waals surface area contributed by atoms with Crippen molar-refractivity contribution in [2.45, 2.75) is 211 Å². The molecule has 13 amide bonds. The van der Waals surface area contributed by atoms with Crippen LogP contribution in [0.3, 0.4) is 0 Å². The fourth-order valence-corrected chi connectivity index (χ4v) is 14.0. The van der Waals surface area contributed by atoms with Gasteiger partial charge in [-0.15, -0.1) is 0 Å². The van der Waals surface area contributed by atoms with Crippen molar-refractivity contribution in [1.29, 1.82) is 0 Å². The van der Waals surface area contributed by atoms with Crippen LogP contribution in [0.4, 0.5) is 4.39 Å². The number of nitrogens with one attached hydrogen (secondary N) is 11. The van der Waals surface area contributed by atoms with Gasteiger partial charge in [-0.3, -0.25) is 62.3 Å². The highest BCUT2D eigenvalue weighted by atomic mass is 32.2. The molecule has 0 bridgehead atoms. The number of aromatic amines is 1. The van der Waals surface area contributed by atoms with Gasteiger partial charge >= 0.3 is 0 Å². The van der Waals surface area contributed by atoms with Crippen LogP contribution >= 0.6 is 23.5 Å². The van der Waals surface area contributed by atoms with Crippen LogP contribution in [0.5, 0.6) is 11.5 Å². The third-order valence-electron chi connectivity index (χ3n) is 18.7. The number of pyridine rings is 1. The normalized spacial score (nSPS) is 16.3. The molecule has 35 heteroatoms. The fraction of sp³-hybridized carbons (Fsp3) is 0.500. The number of thioether (sulfide) groups is 2. The number of carbonyl (C=O) groups excluding carboxylic acids is 13. The molecule has 0 radical (unpaired) electrons. The van der Waals surface area contributed by atoms with Crippen molar-refractivity contribution in [3.05, 3.63) is 125 Å². The van der Waals surface area contributed by atoms with Crippen molar-refractivity contribution in [3.8, 4) is 11.5 Å².